The Hall–Kier alpha value is -3.85. The van der Waals surface area contributed by atoms with Crippen LogP contribution in [0.1, 0.15) is 42.5 Å². The molecule has 0 aliphatic heterocycles. The Morgan fingerprint density at radius 1 is 0.826 bits per heavy atom. The van der Waals surface area contributed by atoms with Gasteiger partial charge in [-0.3, -0.25) is 13.9 Å². The fourth-order valence-electron chi connectivity index (χ4n) is 5.18. The summed E-state index contributed by atoms with van der Waals surface area (Å²) in [5.74, 6) is -0.936. The third-order valence-electron chi connectivity index (χ3n) is 7.74. The van der Waals surface area contributed by atoms with E-state index in [0.29, 0.717) is 40.7 Å². The van der Waals surface area contributed by atoms with Crippen LogP contribution in [0.15, 0.2) is 102 Å². The van der Waals surface area contributed by atoms with Crippen molar-refractivity contribution in [2.24, 2.45) is 0 Å². The Labute approximate surface area is 282 Å². The van der Waals surface area contributed by atoms with Gasteiger partial charge in [0.05, 0.1) is 10.6 Å². The molecule has 0 saturated heterocycles. The van der Waals surface area contributed by atoms with E-state index in [1.54, 1.807) is 42.5 Å². The Morgan fingerprint density at radius 3 is 2.09 bits per heavy atom. The molecule has 0 heterocycles. The van der Waals surface area contributed by atoms with Gasteiger partial charge in [-0.25, -0.2) is 8.42 Å². The van der Waals surface area contributed by atoms with E-state index in [4.69, 9.17) is 23.2 Å². The lowest BCUT2D eigenvalue weighted by atomic mass is 10.0. The number of hydrogen-bond acceptors (Lipinski definition) is 4. The van der Waals surface area contributed by atoms with Crippen LogP contribution in [0.2, 0.25) is 10.0 Å². The average Bonchev–Trinajstić information content (AvgIpc) is 3.05. The molecule has 1 atom stereocenters. The molecule has 0 spiro atoms. The van der Waals surface area contributed by atoms with E-state index in [-0.39, 0.29) is 23.8 Å². The molecule has 242 valence electrons. The monoisotopic (exact) mass is 679 g/mol. The van der Waals surface area contributed by atoms with Gasteiger partial charge in [-0.1, -0.05) is 109 Å². The number of nitrogens with zero attached hydrogens (tertiary/aromatic N) is 2. The summed E-state index contributed by atoms with van der Waals surface area (Å²) in [5, 5.41) is 3.60. The van der Waals surface area contributed by atoms with Crippen molar-refractivity contribution in [3.63, 3.8) is 0 Å². The maximum absolute atomic E-state index is 14.6. The first-order valence-corrected chi connectivity index (χ1v) is 17.5. The van der Waals surface area contributed by atoms with E-state index < -0.39 is 28.5 Å². The topological polar surface area (TPSA) is 86.8 Å². The van der Waals surface area contributed by atoms with Gasteiger partial charge in [0.2, 0.25) is 11.8 Å². The molecule has 0 fully saturated rings. The first-order chi connectivity index (χ1) is 22.1. The van der Waals surface area contributed by atoms with Gasteiger partial charge in [0.15, 0.2) is 0 Å². The van der Waals surface area contributed by atoms with Crippen molar-refractivity contribution >= 4 is 50.7 Å². The summed E-state index contributed by atoms with van der Waals surface area (Å²) in [5.41, 5.74) is 3.35. The molecule has 46 heavy (non-hydrogen) atoms. The molecule has 2 amide bonds. The average molecular weight is 681 g/mol. The lowest BCUT2D eigenvalue weighted by molar-refractivity contribution is -0.140. The van der Waals surface area contributed by atoms with E-state index in [1.165, 1.54) is 17.0 Å². The number of amides is 2. The highest BCUT2D eigenvalue weighted by atomic mass is 35.5. The summed E-state index contributed by atoms with van der Waals surface area (Å²) in [4.78, 5) is 29.9. The minimum Gasteiger partial charge on any atom is -0.354 e. The fraction of sp³-hybridized carbons (Fsp3) is 0.278. The zero-order chi connectivity index (χ0) is 33.3. The molecule has 4 aromatic carbocycles. The molecule has 0 saturated carbocycles. The third kappa shape index (κ3) is 8.49. The van der Waals surface area contributed by atoms with Crippen LogP contribution in [0.25, 0.3) is 0 Å². The van der Waals surface area contributed by atoms with Crippen LogP contribution in [0.3, 0.4) is 0 Å². The molecule has 0 unspecified atom stereocenters. The number of sulfonamides is 1. The zero-order valence-corrected chi connectivity index (χ0v) is 28.6. The van der Waals surface area contributed by atoms with E-state index in [9.17, 15) is 18.0 Å². The predicted octanol–water partition coefficient (Wildman–Crippen LogP) is 7.23. The summed E-state index contributed by atoms with van der Waals surface area (Å²) in [6.45, 7) is 5.49. The number of halogens is 2. The Bertz CT molecular complexity index is 1730. The molecule has 0 aromatic heterocycles. The molecule has 0 radical (unpaired) electrons. The van der Waals surface area contributed by atoms with Crippen molar-refractivity contribution in [2.75, 3.05) is 17.4 Å². The van der Waals surface area contributed by atoms with E-state index in [2.05, 4.69) is 5.32 Å². The Kier molecular flexibility index (Phi) is 12.3. The summed E-state index contributed by atoms with van der Waals surface area (Å²) in [7, 11) is -4.21. The number of carbonyl (C=O) groups is 2. The van der Waals surface area contributed by atoms with E-state index >= 15 is 0 Å². The van der Waals surface area contributed by atoms with Crippen molar-refractivity contribution in [3.05, 3.63) is 129 Å². The SMILES string of the molecule is CCCNC(=O)[C@H](Cc1ccccc1)N(Cc1c(Cl)cccc1Cl)C(=O)CN(c1ccccc1CC)S(=O)(=O)c1ccc(C)cc1. The van der Waals surface area contributed by atoms with Gasteiger partial charge < -0.3 is 10.2 Å². The maximum Gasteiger partial charge on any atom is 0.264 e. The van der Waals surface area contributed by atoms with Crippen molar-refractivity contribution in [3.8, 4) is 0 Å². The molecule has 1 N–H and O–H groups in total. The third-order valence-corrected chi connectivity index (χ3v) is 10.2. The molecule has 4 rings (SSSR count). The number of benzene rings is 4. The fourth-order valence-corrected chi connectivity index (χ4v) is 7.15. The standard InChI is InChI=1S/C36H39Cl2N3O4S/c1-4-22-39-36(43)34(23-27-12-7-6-8-13-27)40(24-30-31(37)15-11-16-32(30)38)35(42)25-41(33-17-10-9-14-28(33)5-2)46(44,45)29-20-18-26(3)19-21-29/h6-21,34H,4-5,22-25H2,1-3H3,(H,39,43)/t34-/m0/s1. The highest BCUT2D eigenvalue weighted by molar-refractivity contribution is 7.92. The van der Waals surface area contributed by atoms with Crippen molar-refractivity contribution < 1.29 is 18.0 Å². The quantitative estimate of drug-likeness (QED) is 0.152. The van der Waals surface area contributed by atoms with Crippen LogP contribution in [-0.4, -0.2) is 44.3 Å². The largest absolute Gasteiger partial charge is 0.354 e. The van der Waals surface area contributed by atoms with Gasteiger partial charge in [0, 0.05) is 35.1 Å². The summed E-state index contributed by atoms with van der Waals surface area (Å²) < 4.78 is 29.8. The van der Waals surface area contributed by atoms with Crippen LogP contribution < -0.4 is 9.62 Å². The van der Waals surface area contributed by atoms with Crippen molar-refractivity contribution in [2.45, 2.75) is 57.5 Å². The van der Waals surface area contributed by atoms with Gasteiger partial charge in [0.25, 0.3) is 10.0 Å². The highest BCUT2D eigenvalue weighted by Gasteiger charge is 2.35. The molecular formula is C36H39Cl2N3O4S. The van der Waals surface area contributed by atoms with Crippen LogP contribution >= 0.6 is 23.2 Å². The summed E-state index contributed by atoms with van der Waals surface area (Å²) in [6, 6.07) is 27.1. The molecule has 10 heteroatoms. The number of para-hydroxylation sites is 1. The molecule has 4 aromatic rings. The van der Waals surface area contributed by atoms with Gasteiger partial charge in [-0.2, -0.15) is 0 Å². The number of hydrogen-bond donors (Lipinski definition) is 1. The van der Waals surface area contributed by atoms with Gasteiger partial charge in [0.1, 0.15) is 12.6 Å². The van der Waals surface area contributed by atoms with Gasteiger partial charge in [-0.15, -0.1) is 0 Å². The van der Waals surface area contributed by atoms with E-state index in [1.807, 2.05) is 63.2 Å². The molecule has 7 nitrogen and oxygen atoms in total. The number of aryl methyl sites for hydroxylation is 2. The van der Waals surface area contributed by atoms with Crippen LogP contribution in [0.4, 0.5) is 5.69 Å². The second-order valence-corrected chi connectivity index (χ2v) is 13.7. The number of nitrogens with one attached hydrogen (secondary N) is 1. The number of carbonyl (C=O) groups excluding carboxylic acids is 2. The van der Waals surface area contributed by atoms with E-state index in [0.717, 1.165) is 21.0 Å². The zero-order valence-electron chi connectivity index (χ0n) is 26.2. The first kappa shape index (κ1) is 35.0. The smallest absolute Gasteiger partial charge is 0.264 e. The molecule has 0 aliphatic carbocycles. The van der Waals surface area contributed by atoms with Crippen molar-refractivity contribution in [1.29, 1.82) is 0 Å². The normalized spacial score (nSPS) is 11.9. The van der Waals surface area contributed by atoms with Gasteiger partial charge in [-0.05, 0) is 61.2 Å². The van der Waals surface area contributed by atoms with Crippen LogP contribution in [0, 0.1) is 6.92 Å². The second-order valence-electron chi connectivity index (χ2n) is 11.0. The first-order valence-electron chi connectivity index (χ1n) is 15.3. The minimum absolute atomic E-state index is 0.0547. The van der Waals surface area contributed by atoms with Crippen LogP contribution in [-0.2, 0) is 39.0 Å². The maximum atomic E-state index is 14.6. The second kappa shape index (κ2) is 16.1. The van der Waals surface area contributed by atoms with Crippen molar-refractivity contribution in [1.82, 2.24) is 10.2 Å². The minimum atomic E-state index is -4.21. The molecule has 0 bridgehead atoms. The highest BCUT2D eigenvalue weighted by Crippen LogP contribution is 2.30. The van der Waals surface area contributed by atoms with Gasteiger partial charge >= 0.3 is 0 Å². The Balaban J connectivity index is 1.85. The lowest BCUT2D eigenvalue weighted by Crippen LogP contribution is -2.53. The predicted molar refractivity (Wildman–Crippen MR) is 186 cm³/mol. The summed E-state index contributed by atoms with van der Waals surface area (Å²) >= 11 is 13.2. The lowest BCUT2D eigenvalue weighted by Gasteiger charge is -2.34. The summed E-state index contributed by atoms with van der Waals surface area (Å²) in [6.07, 6.45) is 1.43. The number of anilines is 1. The molecule has 0 aliphatic rings. The number of rotatable bonds is 14. The Morgan fingerprint density at radius 2 is 1.46 bits per heavy atom. The van der Waals surface area contributed by atoms with Crippen LogP contribution in [0.5, 0.6) is 0 Å². The molecular weight excluding hydrogens is 641 g/mol.